The van der Waals surface area contributed by atoms with Crippen LogP contribution in [0.15, 0.2) is 23.6 Å². The number of thiazole rings is 1. The molecule has 0 amide bonds. The van der Waals surface area contributed by atoms with Gasteiger partial charge in [-0.05, 0) is 31.0 Å². The minimum Gasteiger partial charge on any atom is -0.487 e. The molecule has 19 heavy (non-hydrogen) atoms. The highest BCUT2D eigenvalue weighted by Crippen LogP contribution is 2.24. The maximum absolute atomic E-state index is 9.26. The first-order chi connectivity index (χ1) is 9.22. The summed E-state index contributed by atoms with van der Waals surface area (Å²) in [5.41, 5.74) is 1.61. The molecule has 0 bridgehead atoms. The number of benzene rings is 1. The fourth-order valence-electron chi connectivity index (χ4n) is 1.71. The van der Waals surface area contributed by atoms with Gasteiger partial charge in [0, 0.05) is 16.0 Å². The zero-order valence-corrected chi connectivity index (χ0v) is 12.3. The van der Waals surface area contributed by atoms with Crippen molar-refractivity contribution in [3.05, 3.63) is 44.9 Å². The van der Waals surface area contributed by atoms with Gasteiger partial charge in [0.25, 0.3) is 0 Å². The zero-order valence-electron chi connectivity index (χ0n) is 10.7. The van der Waals surface area contributed by atoms with Gasteiger partial charge in [0.15, 0.2) is 0 Å². The van der Waals surface area contributed by atoms with Crippen molar-refractivity contribution in [2.45, 2.75) is 33.0 Å². The van der Waals surface area contributed by atoms with E-state index in [-0.39, 0.29) is 6.61 Å². The van der Waals surface area contributed by atoms with Gasteiger partial charge in [-0.2, -0.15) is 0 Å². The largest absolute Gasteiger partial charge is 0.487 e. The normalized spacial score (nSPS) is 10.7. The molecule has 0 aliphatic carbocycles. The summed E-state index contributed by atoms with van der Waals surface area (Å²) >= 11 is 7.53. The van der Waals surface area contributed by atoms with E-state index in [0.29, 0.717) is 22.9 Å². The first kappa shape index (κ1) is 14.3. The molecule has 2 rings (SSSR count). The van der Waals surface area contributed by atoms with E-state index in [1.165, 1.54) is 0 Å². The van der Waals surface area contributed by atoms with Crippen LogP contribution in [-0.2, 0) is 19.6 Å². The van der Waals surface area contributed by atoms with Crippen molar-refractivity contribution in [1.29, 1.82) is 0 Å². The number of nitrogens with zero attached hydrogens (tertiary/aromatic N) is 1. The van der Waals surface area contributed by atoms with Crippen LogP contribution in [0.4, 0.5) is 0 Å². The van der Waals surface area contributed by atoms with E-state index >= 15 is 0 Å². The smallest absolute Gasteiger partial charge is 0.131 e. The summed E-state index contributed by atoms with van der Waals surface area (Å²) in [7, 11) is 0. The van der Waals surface area contributed by atoms with Gasteiger partial charge in [-0.15, -0.1) is 11.3 Å². The predicted octanol–water partition coefficient (Wildman–Crippen LogP) is 3.82. The van der Waals surface area contributed by atoms with Crippen LogP contribution in [0.5, 0.6) is 5.75 Å². The SMILES string of the molecule is CCCc1nc(COc2ccc(Cl)cc2CO)cs1. The maximum Gasteiger partial charge on any atom is 0.131 e. The number of aromatic nitrogens is 1. The topological polar surface area (TPSA) is 42.4 Å². The maximum atomic E-state index is 9.26. The second kappa shape index (κ2) is 6.89. The molecule has 0 saturated carbocycles. The van der Waals surface area contributed by atoms with Crippen LogP contribution in [0.1, 0.15) is 29.6 Å². The van der Waals surface area contributed by atoms with E-state index in [4.69, 9.17) is 16.3 Å². The van der Waals surface area contributed by atoms with Crippen LogP contribution in [0.2, 0.25) is 5.02 Å². The first-order valence-corrected chi connectivity index (χ1v) is 7.44. The zero-order chi connectivity index (χ0) is 13.7. The summed E-state index contributed by atoms with van der Waals surface area (Å²) in [6.07, 6.45) is 2.10. The standard InChI is InChI=1S/C14H16ClNO2S/c1-2-3-14-16-12(9-19-14)8-18-13-5-4-11(15)6-10(13)7-17/h4-6,9,17H,2-3,7-8H2,1H3. The summed E-state index contributed by atoms with van der Waals surface area (Å²) in [4.78, 5) is 4.49. The molecule has 102 valence electrons. The van der Waals surface area contributed by atoms with Gasteiger partial charge in [-0.3, -0.25) is 0 Å². The number of ether oxygens (including phenoxy) is 1. The Morgan fingerprint density at radius 1 is 1.42 bits per heavy atom. The minimum absolute atomic E-state index is 0.0892. The van der Waals surface area contributed by atoms with Gasteiger partial charge < -0.3 is 9.84 Å². The third-order valence-corrected chi connectivity index (χ3v) is 3.82. The van der Waals surface area contributed by atoms with E-state index in [1.54, 1.807) is 29.5 Å². The third kappa shape index (κ3) is 3.93. The molecule has 5 heteroatoms. The fourth-order valence-corrected chi connectivity index (χ4v) is 2.79. The molecular formula is C14H16ClNO2S. The molecule has 0 unspecified atom stereocenters. The van der Waals surface area contributed by atoms with Crippen LogP contribution in [0.3, 0.4) is 0 Å². The molecule has 0 spiro atoms. The third-order valence-electron chi connectivity index (χ3n) is 2.63. The quantitative estimate of drug-likeness (QED) is 0.881. The highest BCUT2D eigenvalue weighted by Gasteiger charge is 2.06. The van der Waals surface area contributed by atoms with Crippen LogP contribution in [0.25, 0.3) is 0 Å². The van der Waals surface area contributed by atoms with Crippen molar-refractivity contribution >= 4 is 22.9 Å². The van der Waals surface area contributed by atoms with Gasteiger partial charge in [-0.25, -0.2) is 4.98 Å². The Bertz CT molecular complexity index is 542. The molecule has 0 saturated heterocycles. The van der Waals surface area contributed by atoms with Crippen LogP contribution < -0.4 is 4.74 Å². The van der Waals surface area contributed by atoms with E-state index < -0.39 is 0 Å². The molecule has 2 aromatic rings. The molecule has 1 aromatic carbocycles. The van der Waals surface area contributed by atoms with Crippen molar-refractivity contribution in [1.82, 2.24) is 4.98 Å². The lowest BCUT2D eigenvalue weighted by atomic mass is 10.2. The Morgan fingerprint density at radius 2 is 2.26 bits per heavy atom. The summed E-state index contributed by atoms with van der Waals surface area (Å²) < 4.78 is 5.69. The average molecular weight is 298 g/mol. The van der Waals surface area contributed by atoms with Crippen LogP contribution >= 0.6 is 22.9 Å². The number of aliphatic hydroxyl groups is 1. The molecule has 3 nitrogen and oxygen atoms in total. The van der Waals surface area contributed by atoms with E-state index in [2.05, 4.69) is 11.9 Å². The number of rotatable bonds is 6. The molecule has 1 aromatic heterocycles. The van der Waals surface area contributed by atoms with E-state index in [0.717, 1.165) is 23.5 Å². The first-order valence-electron chi connectivity index (χ1n) is 6.18. The Hall–Kier alpha value is -1.10. The van der Waals surface area contributed by atoms with Gasteiger partial charge in [-0.1, -0.05) is 18.5 Å². The van der Waals surface area contributed by atoms with Crippen molar-refractivity contribution in [2.24, 2.45) is 0 Å². The summed E-state index contributed by atoms with van der Waals surface area (Å²) in [6, 6.07) is 5.23. The second-order valence-corrected chi connectivity index (χ2v) is 5.56. The highest BCUT2D eigenvalue weighted by molar-refractivity contribution is 7.09. The van der Waals surface area contributed by atoms with Crippen molar-refractivity contribution < 1.29 is 9.84 Å². The fraction of sp³-hybridized carbons (Fsp3) is 0.357. The Morgan fingerprint density at radius 3 is 3.00 bits per heavy atom. The number of hydrogen-bond acceptors (Lipinski definition) is 4. The summed E-state index contributed by atoms with van der Waals surface area (Å²) in [6.45, 7) is 2.46. The lowest BCUT2D eigenvalue weighted by Gasteiger charge is -2.09. The van der Waals surface area contributed by atoms with Crippen LogP contribution in [-0.4, -0.2) is 10.1 Å². The highest BCUT2D eigenvalue weighted by atomic mass is 35.5. The Kier molecular flexibility index (Phi) is 5.19. The van der Waals surface area contributed by atoms with Gasteiger partial charge in [0.2, 0.25) is 0 Å². The number of hydrogen-bond donors (Lipinski definition) is 1. The van der Waals surface area contributed by atoms with Crippen molar-refractivity contribution in [2.75, 3.05) is 0 Å². The van der Waals surface area contributed by atoms with Crippen molar-refractivity contribution in [3.63, 3.8) is 0 Å². The number of aliphatic hydroxyl groups excluding tert-OH is 1. The molecular weight excluding hydrogens is 282 g/mol. The molecule has 0 aliphatic heterocycles. The molecule has 0 atom stereocenters. The van der Waals surface area contributed by atoms with Crippen LogP contribution in [0, 0.1) is 0 Å². The molecule has 0 radical (unpaired) electrons. The summed E-state index contributed by atoms with van der Waals surface area (Å²) in [5.74, 6) is 0.650. The Balaban J connectivity index is 2.01. The minimum atomic E-state index is -0.0892. The monoisotopic (exact) mass is 297 g/mol. The Labute approximate surface area is 121 Å². The average Bonchev–Trinajstić information content (AvgIpc) is 2.85. The number of halogens is 1. The van der Waals surface area contributed by atoms with E-state index in [1.807, 2.05) is 5.38 Å². The van der Waals surface area contributed by atoms with E-state index in [9.17, 15) is 5.11 Å². The summed E-state index contributed by atoms with van der Waals surface area (Å²) in [5, 5.41) is 13.0. The van der Waals surface area contributed by atoms with Gasteiger partial charge >= 0.3 is 0 Å². The molecule has 1 N–H and O–H groups in total. The van der Waals surface area contributed by atoms with Gasteiger partial charge in [0.1, 0.15) is 12.4 Å². The lowest BCUT2D eigenvalue weighted by molar-refractivity contribution is 0.257. The predicted molar refractivity (Wildman–Crippen MR) is 77.8 cm³/mol. The number of aryl methyl sites for hydroxylation is 1. The van der Waals surface area contributed by atoms with Crippen molar-refractivity contribution in [3.8, 4) is 5.75 Å². The molecule has 1 heterocycles. The molecule has 0 aliphatic rings. The molecule has 0 fully saturated rings. The van der Waals surface area contributed by atoms with Gasteiger partial charge in [0.05, 0.1) is 17.3 Å². The lowest BCUT2D eigenvalue weighted by Crippen LogP contribution is -1.99. The second-order valence-electron chi connectivity index (χ2n) is 4.18.